The van der Waals surface area contributed by atoms with Crippen LogP contribution in [0.4, 0.5) is 0 Å². The van der Waals surface area contributed by atoms with E-state index in [1.807, 2.05) is 0 Å². The monoisotopic (exact) mass is 285 g/mol. The zero-order valence-electron chi connectivity index (χ0n) is 10.1. The molecule has 0 atom stereocenters. The van der Waals surface area contributed by atoms with E-state index in [1.54, 1.807) is 12.3 Å². The van der Waals surface area contributed by atoms with E-state index in [9.17, 15) is 14.4 Å². The SMILES string of the molecule is COC(=O)c1c(C)csc1OC(=O)C(=CN)C(=O)O. The van der Waals surface area contributed by atoms with Crippen LogP contribution in [0.3, 0.4) is 0 Å². The van der Waals surface area contributed by atoms with Gasteiger partial charge in [0.25, 0.3) is 0 Å². The third-order valence-corrected chi connectivity index (χ3v) is 3.11. The number of aliphatic carboxylic acids is 1. The lowest BCUT2D eigenvalue weighted by atomic mass is 10.2. The highest BCUT2D eigenvalue weighted by molar-refractivity contribution is 7.12. The van der Waals surface area contributed by atoms with Gasteiger partial charge < -0.3 is 20.3 Å². The molecule has 0 fully saturated rings. The van der Waals surface area contributed by atoms with Crippen LogP contribution in [0.2, 0.25) is 0 Å². The first kappa shape index (κ1) is 14.7. The van der Waals surface area contributed by atoms with Crippen LogP contribution < -0.4 is 10.5 Å². The van der Waals surface area contributed by atoms with Gasteiger partial charge in [-0.05, 0) is 17.9 Å². The lowest BCUT2D eigenvalue weighted by Gasteiger charge is -2.05. The van der Waals surface area contributed by atoms with Gasteiger partial charge in [-0.3, -0.25) is 0 Å². The molecule has 0 aromatic carbocycles. The molecule has 1 rings (SSSR count). The van der Waals surface area contributed by atoms with Crippen LogP contribution in [0.1, 0.15) is 15.9 Å². The van der Waals surface area contributed by atoms with Crippen LogP contribution in [-0.2, 0) is 14.3 Å². The first-order valence-electron chi connectivity index (χ1n) is 4.96. The smallest absolute Gasteiger partial charge is 0.353 e. The molecule has 0 saturated carbocycles. The van der Waals surface area contributed by atoms with E-state index in [0.717, 1.165) is 11.3 Å². The Hall–Kier alpha value is -2.35. The van der Waals surface area contributed by atoms with Crippen LogP contribution in [0, 0.1) is 6.92 Å². The number of thiophene rings is 1. The summed E-state index contributed by atoms with van der Waals surface area (Å²) in [5, 5.41) is 10.3. The minimum atomic E-state index is -1.51. The van der Waals surface area contributed by atoms with Gasteiger partial charge in [0.05, 0.1) is 7.11 Å². The number of esters is 2. The van der Waals surface area contributed by atoms with E-state index in [0.29, 0.717) is 11.8 Å². The van der Waals surface area contributed by atoms with E-state index in [2.05, 4.69) is 4.74 Å². The number of carboxylic acid groups (broad SMARTS) is 1. The second kappa shape index (κ2) is 6.01. The molecule has 3 N–H and O–H groups in total. The largest absolute Gasteiger partial charge is 0.477 e. The van der Waals surface area contributed by atoms with Crippen molar-refractivity contribution in [2.75, 3.05) is 7.11 Å². The van der Waals surface area contributed by atoms with Gasteiger partial charge in [0.2, 0.25) is 0 Å². The number of rotatable bonds is 4. The van der Waals surface area contributed by atoms with E-state index in [-0.39, 0.29) is 10.6 Å². The van der Waals surface area contributed by atoms with Gasteiger partial charge in [0.1, 0.15) is 5.56 Å². The molecule has 0 radical (unpaired) electrons. The summed E-state index contributed by atoms with van der Waals surface area (Å²) in [5.74, 6) is -3.34. The Morgan fingerprint density at radius 1 is 1.42 bits per heavy atom. The molecular weight excluding hydrogens is 274 g/mol. The predicted molar refractivity (Wildman–Crippen MR) is 65.9 cm³/mol. The molecule has 0 spiro atoms. The molecule has 1 aromatic rings. The second-order valence-corrected chi connectivity index (χ2v) is 4.19. The quantitative estimate of drug-likeness (QED) is 0.361. The molecule has 7 nitrogen and oxygen atoms in total. The van der Waals surface area contributed by atoms with E-state index < -0.39 is 23.5 Å². The fourth-order valence-electron chi connectivity index (χ4n) is 1.21. The fourth-order valence-corrected chi connectivity index (χ4v) is 2.10. The maximum atomic E-state index is 11.6. The molecule has 19 heavy (non-hydrogen) atoms. The number of hydrogen-bond donors (Lipinski definition) is 2. The van der Waals surface area contributed by atoms with Crippen molar-refractivity contribution in [2.24, 2.45) is 5.73 Å². The normalized spacial score (nSPS) is 10.9. The average molecular weight is 285 g/mol. The topological polar surface area (TPSA) is 116 Å². The minimum Gasteiger partial charge on any atom is -0.477 e. The maximum absolute atomic E-state index is 11.6. The lowest BCUT2D eigenvalue weighted by Crippen LogP contribution is -2.20. The molecule has 0 aliphatic rings. The van der Waals surface area contributed by atoms with E-state index >= 15 is 0 Å². The number of ether oxygens (including phenoxy) is 2. The van der Waals surface area contributed by atoms with Crippen molar-refractivity contribution in [2.45, 2.75) is 6.92 Å². The van der Waals surface area contributed by atoms with Crippen LogP contribution >= 0.6 is 11.3 Å². The van der Waals surface area contributed by atoms with Crippen molar-refractivity contribution in [3.05, 3.63) is 28.3 Å². The Morgan fingerprint density at radius 2 is 2.05 bits per heavy atom. The van der Waals surface area contributed by atoms with Crippen LogP contribution in [0.15, 0.2) is 17.2 Å². The summed E-state index contributed by atoms with van der Waals surface area (Å²) in [7, 11) is 1.19. The van der Waals surface area contributed by atoms with Crippen molar-refractivity contribution in [3.8, 4) is 5.06 Å². The zero-order valence-corrected chi connectivity index (χ0v) is 10.9. The van der Waals surface area contributed by atoms with Crippen molar-refractivity contribution >= 4 is 29.2 Å². The number of aryl methyl sites for hydroxylation is 1. The third-order valence-electron chi connectivity index (χ3n) is 2.13. The Bertz CT molecular complexity index is 560. The number of hydrogen-bond acceptors (Lipinski definition) is 7. The molecule has 102 valence electrons. The molecule has 1 aromatic heterocycles. The van der Waals surface area contributed by atoms with Crippen molar-refractivity contribution in [3.63, 3.8) is 0 Å². The number of carbonyl (C=O) groups is 3. The van der Waals surface area contributed by atoms with Gasteiger partial charge in [0, 0.05) is 6.20 Å². The Balaban J connectivity index is 3.04. The summed E-state index contributed by atoms with van der Waals surface area (Å²) < 4.78 is 9.41. The summed E-state index contributed by atoms with van der Waals surface area (Å²) >= 11 is 0.983. The highest BCUT2D eigenvalue weighted by Crippen LogP contribution is 2.31. The van der Waals surface area contributed by atoms with Gasteiger partial charge in [-0.15, -0.1) is 11.3 Å². The highest BCUT2D eigenvalue weighted by Gasteiger charge is 2.25. The standard InChI is InChI=1S/C11H11NO6S/c1-5-4-19-11(7(5)10(16)17-2)18-9(15)6(3-12)8(13)14/h3-4H,12H2,1-2H3,(H,13,14). The average Bonchev–Trinajstić information content (AvgIpc) is 2.70. The Labute approximate surface area is 112 Å². The lowest BCUT2D eigenvalue weighted by molar-refractivity contribution is -0.138. The van der Waals surface area contributed by atoms with Gasteiger partial charge in [-0.1, -0.05) is 0 Å². The Kier molecular flexibility index (Phi) is 4.65. The number of carbonyl (C=O) groups excluding carboxylic acids is 2. The van der Waals surface area contributed by atoms with Crippen LogP contribution in [0.5, 0.6) is 5.06 Å². The fraction of sp³-hybridized carbons (Fsp3) is 0.182. The maximum Gasteiger partial charge on any atom is 0.353 e. The molecule has 0 bridgehead atoms. The van der Waals surface area contributed by atoms with Crippen molar-refractivity contribution in [1.29, 1.82) is 0 Å². The molecule has 0 aliphatic carbocycles. The van der Waals surface area contributed by atoms with Crippen LogP contribution in [-0.4, -0.2) is 30.1 Å². The first-order chi connectivity index (χ1) is 8.92. The summed E-state index contributed by atoms with van der Waals surface area (Å²) in [6.45, 7) is 1.64. The van der Waals surface area contributed by atoms with Crippen LogP contribution in [0.25, 0.3) is 0 Å². The van der Waals surface area contributed by atoms with Gasteiger partial charge in [-0.2, -0.15) is 0 Å². The summed E-state index contributed by atoms with van der Waals surface area (Å²) in [5.41, 5.74) is 4.95. The van der Waals surface area contributed by atoms with E-state index in [1.165, 1.54) is 7.11 Å². The molecule has 0 aliphatic heterocycles. The summed E-state index contributed by atoms with van der Waals surface area (Å²) in [4.78, 5) is 33.8. The van der Waals surface area contributed by atoms with Crippen molar-refractivity contribution < 1.29 is 29.0 Å². The summed E-state index contributed by atoms with van der Waals surface area (Å²) in [6.07, 6.45) is 0.628. The molecular formula is C11H11NO6S. The molecule has 0 unspecified atom stereocenters. The Morgan fingerprint density at radius 3 is 2.53 bits per heavy atom. The summed E-state index contributed by atoms with van der Waals surface area (Å²) in [6, 6.07) is 0. The zero-order chi connectivity index (χ0) is 14.6. The molecule has 0 amide bonds. The predicted octanol–water partition coefficient (Wildman–Crippen LogP) is 0.676. The molecule has 0 saturated heterocycles. The van der Waals surface area contributed by atoms with Gasteiger partial charge >= 0.3 is 17.9 Å². The molecule has 1 heterocycles. The second-order valence-electron chi connectivity index (χ2n) is 3.35. The third kappa shape index (κ3) is 3.10. The highest BCUT2D eigenvalue weighted by atomic mass is 32.1. The van der Waals surface area contributed by atoms with E-state index in [4.69, 9.17) is 15.6 Å². The van der Waals surface area contributed by atoms with Crippen molar-refractivity contribution in [1.82, 2.24) is 0 Å². The number of nitrogens with two attached hydrogens (primary N) is 1. The first-order valence-corrected chi connectivity index (χ1v) is 5.84. The number of methoxy groups -OCH3 is 1. The van der Waals surface area contributed by atoms with Gasteiger partial charge in [0.15, 0.2) is 10.6 Å². The number of carboxylic acids is 1. The minimum absolute atomic E-state index is 0.0325. The molecule has 8 heteroatoms. The van der Waals surface area contributed by atoms with Gasteiger partial charge in [-0.25, -0.2) is 14.4 Å².